The molecule has 1 N–H and O–H groups in total. The smallest absolute Gasteiger partial charge is 0.212 e. The minimum absolute atomic E-state index is 0.0548. The van der Waals surface area contributed by atoms with Gasteiger partial charge in [0.2, 0.25) is 5.88 Å². The summed E-state index contributed by atoms with van der Waals surface area (Å²) in [5.74, 6) is 0.491. The van der Waals surface area contributed by atoms with Crippen LogP contribution in [-0.2, 0) is 11.2 Å². The molecule has 34 heavy (non-hydrogen) atoms. The SMILES string of the molecule is COc1ccc(C2CN(c3ccc(CC4CNCCO4)cc3-c3ccc(C#N)c(F)c3)C2)cn1. The molecule has 3 heterocycles. The van der Waals surface area contributed by atoms with Crippen LogP contribution in [-0.4, -0.2) is 51.0 Å². The van der Waals surface area contributed by atoms with E-state index in [-0.39, 0.29) is 11.7 Å². The summed E-state index contributed by atoms with van der Waals surface area (Å²) in [6.07, 6.45) is 2.79. The topological polar surface area (TPSA) is 70.4 Å². The lowest BCUT2D eigenvalue weighted by Crippen LogP contribution is -2.45. The molecule has 0 bridgehead atoms. The van der Waals surface area contributed by atoms with Crippen molar-refractivity contribution in [3.63, 3.8) is 0 Å². The second kappa shape index (κ2) is 9.80. The van der Waals surface area contributed by atoms with E-state index >= 15 is 0 Å². The molecule has 2 saturated heterocycles. The normalized spacial score (nSPS) is 18.3. The highest BCUT2D eigenvalue weighted by Crippen LogP contribution is 2.39. The highest BCUT2D eigenvalue weighted by Gasteiger charge is 2.30. The molecule has 2 aliphatic rings. The van der Waals surface area contributed by atoms with Crippen molar-refractivity contribution < 1.29 is 13.9 Å². The summed E-state index contributed by atoms with van der Waals surface area (Å²) in [6, 6.07) is 17.1. The molecule has 0 amide bonds. The van der Waals surface area contributed by atoms with Crippen LogP contribution < -0.4 is 15.0 Å². The van der Waals surface area contributed by atoms with E-state index < -0.39 is 5.82 Å². The first kappa shape index (κ1) is 22.3. The van der Waals surface area contributed by atoms with Gasteiger partial charge in [-0.05, 0) is 47.4 Å². The summed E-state index contributed by atoms with van der Waals surface area (Å²) >= 11 is 0. The molecule has 6 nitrogen and oxygen atoms in total. The molecule has 0 saturated carbocycles. The molecule has 174 valence electrons. The summed E-state index contributed by atoms with van der Waals surface area (Å²) in [6.45, 7) is 4.13. The van der Waals surface area contributed by atoms with Gasteiger partial charge in [0, 0.05) is 55.6 Å². The second-order valence-electron chi connectivity index (χ2n) is 8.79. The van der Waals surface area contributed by atoms with Gasteiger partial charge in [-0.2, -0.15) is 5.26 Å². The van der Waals surface area contributed by atoms with Crippen LogP contribution in [0.5, 0.6) is 5.88 Å². The predicted octanol–water partition coefficient (Wildman–Crippen LogP) is 3.90. The third-order valence-corrected chi connectivity index (χ3v) is 6.59. The van der Waals surface area contributed by atoms with Gasteiger partial charge in [-0.25, -0.2) is 9.37 Å². The van der Waals surface area contributed by atoms with Gasteiger partial charge in [-0.3, -0.25) is 0 Å². The molecule has 0 aliphatic carbocycles. The zero-order valence-corrected chi connectivity index (χ0v) is 19.1. The molecule has 0 spiro atoms. The van der Waals surface area contributed by atoms with E-state index in [9.17, 15) is 4.39 Å². The fraction of sp³-hybridized carbons (Fsp3) is 0.333. The number of methoxy groups -OCH3 is 1. The maximum Gasteiger partial charge on any atom is 0.212 e. The number of hydrogen-bond donors (Lipinski definition) is 1. The van der Waals surface area contributed by atoms with Crippen LogP contribution in [0.1, 0.15) is 22.6 Å². The first-order chi connectivity index (χ1) is 16.6. The fourth-order valence-corrected chi connectivity index (χ4v) is 4.64. The van der Waals surface area contributed by atoms with Crippen LogP contribution in [0.15, 0.2) is 54.7 Å². The maximum atomic E-state index is 14.5. The van der Waals surface area contributed by atoms with Crippen molar-refractivity contribution in [3.05, 3.63) is 77.2 Å². The minimum atomic E-state index is -0.498. The number of pyridine rings is 1. The number of rotatable bonds is 6. The molecule has 1 atom stereocenters. The Hall–Kier alpha value is -3.47. The van der Waals surface area contributed by atoms with E-state index in [0.717, 1.165) is 55.0 Å². The number of anilines is 1. The van der Waals surface area contributed by atoms with Crippen LogP contribution in [0, 0.1) is 17.1 Å². The maximum absolute atomic E-state index is 14.5. The van der Waals surface area contributed by atoms with Crippen molar-refractivity contribution >= 4 is 5.69 Å². The number of nitrogens with zero attached hydrogens (tertiary/aromatic N) is 3. The number of nitriles is 1. The van der Waals surface area contributed by atoms with Crippen molar-refractivity contribution in [2.75, 3.05) is 44.8 Å². The predicted molar refractivity (Wildman–Crippen MR) is 129 cm³/mol. The van der Waals surface area contributed by atoms with Crippen LogP contribution in [0.3, 0.4) is 0 Å². The molecule has 2 fully saturated rings. The number of nitrogens with one attached hydrogen (secondary N) is 1. The van der Waals surface area contributed by atoms with E-state index in [0.29, 0.717) is 18.4 Å². The number of ether oxygens (including phenoxy) is 2. The summed E-state index contributed by atoms with van der Waals surface area (Å²) in [7, 11) is 1.61. The van der Waals surface area contributed by atoms with E-state index in [1.165, 1.54) is 11.6 Å². The first-order valence-electron chi connectivity index (χ1n) is 11.5. The van der Waals surface area contributed by atoms with Gasteiger partial charge in [-0.15, -0.1) is 0 Å². The molecular weight excluding hydrogens is 431 g/mol. The molecule has 1 unspecified atom stereocenters. The van der Waals surface area contributed by atoms with Crippen molar-refractivity contribution in [3.8, 4) is 23.1 Å². The Morgan fingerprint density at radius 1 is 1.21 bits per heavy atom. The molecule has 7 heteroatoms. The number of hydrogen-bond acceptors (Lipinski definition) is 6. The lowest BCUT2D eigenvalue weighted by molar-refractivity contribution is 0.0292. The highest BCUT2D eigenvalue weighted by molar-refractivity contribution is 5.80. The van der Waals surface area contributed by atoms with Gasteiger partial charge in [-0.1, -0.05) is 18.2 Å². The van der Waals surface area contributed by atoms with Gasteiger partial charge in [0.1, 0.15) is 11.9 Å². The zero-order valence-electron chi connectivity index (χ0n) is 19.1. The van der Waals surface area contributed by atoms with Crippen LogP contribution >= 0.6 is 0 Å². The largest absolute Gasteiger partial charge is 0.481 e. The lowest BCUT2D eigenvalue weighted by Gasteiger charge is -2.42. The summed E-state index contributed by atoms with van der Waals surface area (Å²) < 4.78 is 25.5. The number of halogens is 1. The Morgan fingerprint density at radius 2 is 2.09 bits per heavy atom. The molecule has 1 aromatic heterocycles. The summed E-state index contributed by atoms with van der Waals surface area (Å²) in [5.41, 5.74) is 5.18. The quantitative estimate of drug-likeness (QED) is 0.604. The minimum Gasteiger partial charge on any atom is -0.481 e. The second-order valence-corrected chi connectivity index (χ2v) is 8.79. The zero-order chi connectivity index (χ0) is 23.5. The Balaban J connectivity index is 1.41. The highest BCUT2D eigenvalue weighted by atomic mass is 19.1. The van der Waals surface area contributed by atoms with Gasteiger partial charge >= 0.3 is 0 Å². The molecule has 5 rings (SSSR count). The monoisotopic (exact) mass is 458 g/mol. The van der Waals surface area contributed by atoms with Gasteiger partial charge in [0.15, 0.2) is 0 Å². The third-order valence-electron chi connectivity index (χ3n) is 6.59. The van der Waals surface area contributed by atoms with Crippen molar-refractivity contribution in [2.24, 2.45) is 0 Å². The Bertz CT molecular complexity index is 1200. The summed E-state index contributed by atoms with van der Waals surface area (Å²) in [4.78, 5) is 6.64. The van der Waals surface area contributed by atoms with Crippen LogP contribution in [0.2, 0.25) is 0 Å². The van der Waals surface area contributed by atoms with Gasteiger partial charge in [0.25, 0.3) is 0 Å². The van der Waals surface area contributed by atoms with E-state index in [1.54, 1.807) is 13.2 Å². The third kappa shape index (κ3) is 4.60. The number of morpholine rings is 1. The number of aromatic nitrogens is 1. The Morgan fingerprint density at radius 3 is 2.76 bits per heavy atom. The average molecular weight is 459 g/mol. The van der Waals surface area contributed by atoms with E-state index in [2.05, 4.69) is 39.5 Å². The summed E-state index contributed by atoms with van der Waals surface area (Å²) in [5, 5.41) is 12.5. The Labute approximate surface area is 198 Å². The van der Waals surface area contributed by atoms with Crippen LogP contribution in [0.25, 0.3) is 11.1 Å². The Kier molecular flexibility index (Phi) is 6.43. The average Bonchev–Trinajstić information content (AvgIpc) is 2.85. The van der Waals surface area contributed by atoms with Crippen molar-refractivity contribution in [2.45, 2.75) is 18.4 Å². The number of benzene rings is 2. The van der Waals surface area contributed by atoms with E-state index in [1.807, 2.05) is 24.4 Å². The molecule has 2 aromatic carbocycles. The van der Waals surface area contributed by atoms with Crippen molar-refractivity contribution in [1.29, 1.82) is 5.26 Å². The fourth-order valence-electron chi connectivity index (χ4n) is 4.64. The van der Waals surface area contributed by atoms with Crippen molar-refractivity contribution in [1.82, 2.24) is 10.3 Å². The lowest BCUT2D eigenvalue weighted by atomic mass is 9.89. The van der Waals surface area contributed by atoms with Gasteiger partial charge < -0.3 is 19.7 Å². The van der Waals surface area contributed by atoms with Gasteiger partial charge in [0.05, 0.1) is 25.4 Å². The molecular formula is C27H27FN4O2. The molecule has 0 radical (unpaired) electrons. The molecule has 3 aromatic rings. The van der Waals surface area contributed by atoms with Crippen LogP contribution in [0.4, 0.5) is 10.1 Å². The molecule has 2 aliphatic heterocycles. The standard InChI is InChI=1S/C27H27FN4O2/c1-33-27-7-5-21(14-31-27)22-16-32(17-22)26-6-2-18(10-23-15-30-8-9-34-23)11-24(26)19-3-4-20(13-29)25(28)12-19/h2-7,11-12,14,22-23,30H,8-10,15-17H2,1H3. The first-order valence-corrected chi connectivity index (χ1v) is 11.5. The van der Waals surface area contributed by atoms with E-state index in [4.69, 9.17) is 14.7 Å².